The molecule has 9 heteroatoms. The second-order valence-corrected chi connectivity index (χ2v) is 14.6. The van der Waals surface area contributed by atoms with Crippen LogP contribution in [0.25, 0.3) is 0 Å². The third kappa shape index (κ3) is 11.4. The largest absolute Gasteiger partial charge is 0.462 e. The van der Waals surface area contributed by atoms with Crippen LogP contribution in [0.1, 0.15) is 113 Å². The molecule has 9 nitrogen and oxygen atoms in total. The summed E-state index contributed by atoms with van der Waals surface area (Å²) < 4.78 is 26.8. The van der Waals surface area contributed by atoms with Gasteiger partial charge in [0.2, 0.25) is 0 Å². The number of methoxy groups -OCH3 is 2. The van der Waals surface area contributed by atoms with Gasteiger partial charge >= 0.3 is 17.9 Å². The maximum Gasteiger partial charge on any atom is 0.341 e. The number of rotatable bonds is 17. The molecule has 276 valence electrons. The van der Waals surface area contributed by atoms with E-state index in [-0.39, 0.29) is 43.0 Å². The van der Waals surface area contributed by atoms with Crippen molar-refractivity contribution in [2.24, 2.45) is 17.8 Å². The standard InChI is InChI=1S/C41H58O9/c1-27(24-42)40(44)49-35-18-16-32(17-19-35)31-12-14-34(15-13-31)38-23-36(50-41(45)29(3)26-47-5)20-21-37(38)33-10-8-30(9-11-33)7-6-22-48-39(43)28(2)25-46-4/h20-21,23,30-35,42H,1-3,6-19,22,24-26H2,4-5H3. The molecule has 0 unspecified atom stereocenters. The molecule has 1 N–H and O–H groups in total. The Morgan fingerprint density at radius 1 is 0.700 bits per heavy atom. The van der Waals surface area contributed by atoms with Gasteiger partial charge in [0, 0.05) is 14.2 Å². The third-order valence-corrected chi connectivity index (χ3v) is 11.1. The zero-order chi connectivity index (χ0) is 36.0. The number of ether oxygens (including phenoxy) is 5. The van der Waals surface area contributed by atoms with Gasteiger partial charge in [0.15, 0.2) is 0 Å². The number of carbonyl (C=O) groups is 3. The highest BCUT2D eigenvalue weighted by atomic mass is 16.5. The van der Waals surface area contributed by atoms with Gasteiger partial charge in [0.25, 0.3) is 0 Å². The molecule has 0 radical (unpaired) electrons. The Hall–Kier alpha value is -3.27. The van der Waals surface area contributed by atoms with Crippen LogP contribution in [0.2, 0.25) is 0 Å². The van der Waals surface area contributed by atoms with Gasteiger partial charge in [-0.15, -0.1) is 0 Å². The molecule has 0 bridgehead atoms. The molecular weight excluding hydrogens is 636 g/mol. The quantitative estimate of drug-likeness (QED) is 0.0765. The predicted molar refractivity (Wildman–Crippen MR) is 192 cm³/mol. The van der Waals surface area contributed by atoms with Crippen LogP contribution < -0.4 is 4.74 Å². The van der Waals surface area contributed by atoms with E-state index in [2.05, 4.69) is 31.9 Å². The lowest BCUT2D eigenvalue weighted by molar-refractivity contribution is -0.147. The summed E-state index contributed by atoms with van der Waals surface area (Å²) in [7, 11) is 3.06. The zero-order valence-corrected chi connectivity index (χ0v) is 30.3. The third-order valence-electron chi connectivity index (χ3n) is 11.1. The molecule has 0 aromatic heterocycles. The van der Waals surface area contributed by atoms with Gasteiger partial charge in [-0.2, -0.15) is 0 Å². The predicted octanol–water partition coefficient (Wildman–Crippen LogP) is 7.52. The Labute approximate surface area is 298 Å². The minimum atomic E-state index is -0.486. The highest BCUT2D eigenvalue weighted by molar-refractivity contribution is 5.90. The summed E-state index contributed by atoms with van der Waals surface area (Å²) in [6, 6.07) is 6.23. The van der Waals surface area contributed by atoms with Gasteiger partial charge in [-0.05, 0) is 143 Å². The van der Waals surface area contributed by atoms with Gasteiger partial charge in [0.05, 0.1) is 43.1 Å². The topological polar surface area (TPSA) is 118 Å². The van der Waals surface area contributed by atoms with Crippen molar-refractivity contribution in [1.82, 2.24) is 0 Å². The van der Waals surface area contributed by atoms with E-state index < -0.39 is 11.9 Å². The molecule has 3 aliphatic carbocycles. The zero-order valence-electron chi connectivity index (χ0n) is 30.3. The lowest BCUT2D eigenvalue weighted by atomic mass is 9.68. The molecule has 0 atom stereocenters. The van der Waals surface area contributed by atoms with Gasteiger partial charge in [-0.1, -0.05) is 25.8 Å². The van der Waals surface area contributed by atoms with Gasteiger partial charge in [-0.3, -0.25) is 0 Å². The normalized spacial score (nSPS) is 25.3. The molecule has 0 amide bonds. The van der Waals surface area contributed by atoms with Crippen LogP contribution in [0.5, 0.6) is 5.75 Å². The minimum Gasteiger partial charge on any atom is -0.462 e. The van der Waals surface area contributed by atoms with E-state index in [0.29, 0.717) is 47.5 Å². The molecule has 0 spiro atoms. The van der Waals surface area contributed by atoms with Crippen molar-refractivity contribution in [3.63, 3.8) is 0 Å². The maximum absolute atomic E-state index is 12.7. The summed E-state index contributed by atoms with van der Waals surface area (Å²) in [6.07, 6.45) is 14.6. The molecule has 0 saturated heterocycles. The molecule has 3 aliphatic rings. The molecular formula is C41H58O9. The van der Waals surface area contributed by atoms with E-state index in [1.165, 1.54) is 25.3 Å². The number of esters is 3. The Balaban J connectivity index is 1.34. The van der Waals surface area contributed by atoms with Crippen molar-refractivity contribution in [3.8, 4) is 5.75 Å². The summed E-state index contributed by atoms with van der Waals surface area (Å²) in [5.74, 6) is 1.99. The SMILES string of the molecule is C=C(COC)C(=O)OCCCC1CCC(c2ccc(OC(=O)C(=C)COC)cc2C2CCC(C3CCC(OC(=O)C(=C)CO)CC3)CC2)CC1. The van der Waals surface area contributed by atoms with E-state index >= 15 is 0 Å². The molecule has 4 rings (SSSR count). The van der Waals surface area contributed by atoms with Crippen molar-refractivity contribution in [2.75, 3.05) is 40.6 Å². The van der Waals surface area contributed by atoms with Crippen molar-refractivity contribution < 1.29 is 43.2 Å². The second kappa shape index (κ2) is 19.9. The summed E-state index contributed by atoms with van der Waals surface area (Å²) >= 11 is 0. The molecule has 3 saturated carbocycles. The molecule has 1 aromatic rings. The number of aliphatic hydroxyl groups is 1. The second-order valence-electron chi connectivity index (χ2n) is 14.6. The van der Waals surface area contributed by atoms with Gasteiger partial charge in [-0.25, -0.2) is 14.4 Å². The van der Waals surface area contributed by atoms with Crippen molar-refractivity contribution >= 4 is 17.9 Å². The Kier molecular flexibility index (Phi) is 15.8. The molecule has 3 fully saturated rings. The van der Waals surface area contributed by atoms with E-state index in [9.17, 15) is 19.5 Å². The summed E-state index contributed by atoms with van der Waals surface area (Å²) in [6.45, 7) is 11.5. The average molecular weight is 695 g/mol. The highest BCUT2D eigenvalue weighted by Crippen LogP contribution is 2.47. The first kappa shape index (κ1) is 39.5. The summed E-state index contributed by atoms with van der Waals surface area (Å²) in [5.41, 5.74) is 3.44. The van der Waals surface area contributed by atoms with Crippen molar-refractivity contribution in [1.29, 1.82) is 0 Å². The van der Waals surface area contributed by atoms with E-state index in [4.69, 9.17) is 23.7 Å². The van der Waals surface area contributed by atoms with Crippen LogP contribution >= 0.6 is 0 Å². The van der Waals surface area contributed by atoms with Crippen LogP contribution in [0.15, 0.2) is 54.7 Å². The Bertz CT molecular complexity index is 1330. The number of carbonyl (C=O) groups excluding carboxylic acids is 3. The molecule has 1 aromatic carbocycles. The first-order valence-electron chi connectivity index (χ1n) is 18.5. The van der Waals surface area contributed by atoms with Crippen LogP contribution in [0.4, 0.5) is 0 Å². The molecule has 0 aliphatic heterocycles. The van der Waals surface area contributed by atoms with Gasteiger partial charge in [0.1, 0.15) is 11.9 Å². The summed E-state index contributed by atoms with van der Waals surface area (Å²) in [4.78, 5) is 36.8. The number of benzene rings is 1. The Morgan fingerprint density at radius 2 is 1.26 bits per heavy atom. The number of hydrogen-bond acceptors (Lipinski definition) is 9. The van der Waals surface area contributed by atoms with Crippen molar-refractivity contribution in [2.45, 2.75) is 108 Å². The van der Waals surface area contributed by atoms with Crippen LogP contribution in [0, 0.1) is 17.8 Å². The van der Waals surface area contributed by atoms with Crippen LogP contribution in [-0.2, 0) is 33.3 Å². The number of hydrogen-bond donors (Lipinski definition) is 1. The fourth-order valence-electron chi connectivity index (χ4n) is 8.27. The van der Waals surface area contributed by atoms with Crippen LogP contribution in [0.3, 0.4) is 0 Å². The molecule has 0 heterocycles. The minimum absolute atomic E-state index is 0.0921. The lowest BCUT2D eigenvalue weighted by Gasteiger charge is -2.39. The van der Waals surface area contributed by atoms with Crippen LogP contribution in [-0.4, -0.2) is 69.8 Å². The maximum atomic E-state index is 12.7. The highest BCUT2D eigenvalue weighted by Gasteiger charge is 2.34. The summed E-state index contributed by atoms with van der Waals surface area (Å²) in [5, 5.41) is 9.18. The van der Waals surface area contributed by atoms with Crippen molar-refractivity contribution in [3.05, 3.63) is 65.8 Å². The smallest absolute Gasteiger partial charge is 0.341 e. The van der Waals surface area contributed by atoms with Gasteiger partial charge < -0.3 is 28.8 Å². The Morgan fingerprint density at radius 3 is 1.86 bits per heavy atom. The van der Waals surface area contributed by atoms with E-state index in [1.807, 2.05) is 6.07 Å². The fraction of sp³-hybridized carbons (Fsp3) is 0.634. The van der Waals surface area contributed by atoms with E-state index in [1.54, 1.807) is 0 Å². The number of aliphatic hydroxyl groups excluding tert-OH is 1. The first-order chi connectivity index (χ1) is 24.1. The fourth-order valence-corrected chi connectivity index (χ4v) is 8.27. The monoisotopic (exact) mass is 694 g/mol. The molecule has 50 heavy (non-hydrogen) atoms. The first-order valence-corrected chi connectivity index (χ1v) is 18.5. The van der Waals surface area contributed by atoms with E-state index in [0.717, 1.165) is 89.9 Å². The average Bonchev–Trinajstić information content (AvgIpc) is 3.13. The lowest BCUT2D eigenvalue weighted by Crippen LogP contribution is -2.30.